The Bertz CT molecular complexity index is 1010. The maximum atomic E-state index is 13.2. The molecule has 0 fully saturated rings. The molecular weight excluding hydrogens is 382 g/mol. The van der Waals surface area contributed by atoms with Gasteiger partial charge in [0.15, 0.2) is 9.84 Å². The zero-order valence-corrected chi connectivity index (χ0v) is 16.8. The number of carbonyl (C=O) groups excluding carboxylic acids is 1. The number of carbonyl (C=O) groups is 1. The number of benzene rings is 1. The molecule has 0 unspecified atom stereocenters. The van der Waals surface area contributed by atoms with Gasteiger partial charge in [-0.05, 0) is 60.7 Å². The number of amides is 1. The third-order valence-electron chi connectivity index (χ3n) is 4.44. The first-order valence-electron chi connectivity index (χ1n) is 8.51. The summed E-state index contributed by atoms with van der Waals surface area (Å²) in [5, 5.41) is 3.66. The lowest BCUT2D eigenvalue weighted by Crippen LogP contribution is -2.32. The first kappa shape index (κ1) is 19.4. The molecule has 1 atom stereocenters. The molecule has 0 aliphatic heterocycles. The average molecular weight is 404 g/mol. The van der Waals surface area contributed by atoms with E-state index in [2.05, 4.69) is 5.32 Å². The van der Waals surface area contributed by atoms with E-state index in [1.54, 1.807) is 30.3 Å². The maximum Gasteiger partial charge on any atom is 0.225 e. The smallest absolute Gasteiger partial charge is 0.225 e. The van der Waals surface area contributed by atoms with Crippen LogP contribution in [0.5, 0.6) is 0 Å². The van der Waals surface area contributed by atoms with Crippen LogP contribution in [0.15, 0.2) is 63.4 Å². The van der Waals surface area contributed by atoms with E-state index in [4.69, 9.17) is 4.42 Å². The topological polar surface area (TPSA) is 76.4 Å². The summed E-state index contributed by atoms with van der Waals surface area (Å²) in [7, 11) is -3.73. The number of aryl methyl sites for hydroxylation is 2. The van der Waals surface area contributed by atoms with Crippen molar-refractivity contribution < 1.29 is 17.6 Å². The molecule has 0 saturated carbocycles. The highest BCUT2D eigenvalue weighted by atomic mass is 32.2. The van der Waals surface area contributed by atoms with Crippen molar-refractivity contribution in [1.29, 1.82) is 0 Å². The lowest BCUT2D eigenvalue weighted by atomic mass is 10.1. The Kier molecular flexibility index (Phi) is 5.82. The minimum absolute atomic E-state index is 0.0486. The summed E-state index contributed by atoms with van der Waals surface area (Å²) in [6, 6.07) is 12.1. The van der Waals surface area contributed by atoms with Gasteiger partial charge in [-0.1, -0.05) is 12.1 Å². The third-order valence-corrected chi connectivity index (χ3v) is 7.38. The van der Waals surface area contributed by atoms with Crippen LogP contribution in [0.4, 0.5) is 0 Å². The van der Waals surface area contributed by atoms with Crippen LogP contribution < -0.4 is 5.32 Å². The van der Waals surface area contributed by atoms with Crippen molar-refractivity contribution in [3.05, 3.63) is 75.9 Å². The second-order valence-corrected chi connectivity index (χ2v) is 9.52. The van der Waals surface area contributed by atoms with Crippen LogP contribution in [-0.2, 0) is 21.1 Å². The van der Waals surface area contributed by atoms with E-state index in [0.717, 1.165) is 16.0 Å². The Labute approximate surface area is 163 Å². The van der Waals surface area contributed by atoms with Crippen molar-refractivity contribution in [2.75, 3.05) is 6.54 Å². The maximum absolute atomic E-state index is 13.2. The lowest BCUT2D eigenvalue weighted by molar-refractivity contribution is -0.120. The first-order chi connectivity index (χ1) is 12.9. The summed E-state index contributed by atoms with van der Waals surface area (Å²) < 4.78 is 31.8. The number of nitrogens with one attached hydrogen (secondary N) is 1. The molecule has 0 bridgehead atoms. The fraction of sp³-hybridized carbons (Fsp3) is 0.250. The average Bonchev–Trinajstić information content (AvgIpc) is 3.31. The molecule has 0 spiro atoms. The van der Waals surface area contributed by atoms with E-state index >= 15 is 0 Å². The van der Waals surface area contributed by atoms with Crippen molar-refractivity contribution in [2.24, 2.45) is 0 Å². The Hall–Kier alpha value is -2.38. The van der Waals surface area contributed by atoms with Gasteiger partial charge in [0.25, 0.3) is 0 Å². The molecule has 1 aromatic carbocycles. The highest BCUT2D eigenvalue weighted by Crippen LogP contribution is 2.30. The van der Waals surface area contributed by atoms with E-state index in [1.165, 1.54) is 17.6 Å². The van der Waals surface area contributed by atoms with Crippen LogP contribution in [0.2, 0.25) is 0 Å². The molecule has 3 rings (SSSR count). The quantitative estimate of drug-likeness (QED) is 0.650. The molecule has 3 aromatic rings. The van der Waals surface area contributed by atoms with Crippen LogP contribution >= 0.6 is 11.3 Å². The van der Waals surface area contributed by atoms with Gasteiger partial charge in [0.05, 0.1) is 17.6 Å². The van der Waals surface area contributed by atoms with Crippen LogP contribution in [-0.4, -0.2) is 20.9 Å². The van der Waals surface area contributed by atoms with Gasteiger partial charge in [0, 0.05) is 11.4 Å². The standard InChI is InChI=1S/C20H21NO4S2/c1-14-7-8-17(11-15(14)2)27(23,24)19(18-6-3-9-25-18)13-21-20(22)12-16-5-4-10-26-16/h3-11,19H,12-13H2,1-2H3,(H,21,22)/t19-/m0/s1. The summed E-state index contributed by atoms with van der Waals surface area (Å²) >= 11 is 1.49. The number of furan rings is 1. The number of rotatable bonds is 7. The number of hydrogen-bond donors (Lipinski definition) is 1. The SMILES string of the molecule is Cc1ccc(S(=O)(=O)[C@@H](CNC(=O)Cc2cccs2)c2ccco2)cc1C. The summed E-state index contributed by atoms with van der Waals surface area (Å²) in [5.41, 5.74) is 1.92. The second kappa shape index (κ2) is 8.10. The molecule has 1 N–H and O–H groups in total. The molecule has 5 nitrogen and oxygen atoms in total. The summed E-state index contributed by atoms with van der Waals surface area (Å²) in [4.78, 5) is 13.4. The number of hydrogen-bond acceptors (Lipinski definition) is 5. The molecule has 7 heteroatoms. The van der Waals surface area contributed by atoms with Crippen molar-refractivity contribution >= 4 is 27.1 Å². The van der Waals surface area contributed by atoms with Crippen LogP contribution in [0.1, 0.15) is 27.0 Å². The van der Waals surface area contributed by atoms with Crippen molar-refractivity contribution in [3.8, 4) is 0 Å². The van der Waals surface area contributed by atoms with Gasteiger partial charge in [0.1, 0.15) is 11.0 Å². The highest BCUT2D eigenvalue weighted by molar-refractivity contribution is 7.91. The molecule has 0 saturated heterocycles. The third kappa shape index (κ3) is 4.48. The predicted molar refractivity (Wildman–Crippen MR) is 106 cm³/mol. The van der Waals surface area contributed by atoms with Gasteiger partial charge in [-0.15, -0.1) is 11.3 Å². The fourth-order valence-corrected chi connectivity index (χ4v) is 5.11. The molecule has 2 aromatic heterocycles. The van der Waals surface area contributed by atoms with Crippen molar-refractivity contribution in [1.82, 2.24) is 5.32 Å². The van der Waals surface area contributed by atoms with E-state index < -0.39 is 15.1 Å². The Morgan fingerprint density at radius 3 is 2.59 bits per heavy atom. The Morgan fingerprint density at radius 2 is 1.96 bits per heavy atom. The van der Waals surface area contributed by atoms with Gasteiger partial charge >= 0.3 is 0 Å². The van der Waals surface area contributed by atoms with Crippen molar-refractivity contribution in [2.45, 2.75) is 30.4 Å². The highest BCUT2D eigenvalue weighted by Gasteiger charge is 2.32. The molecule has 0 aliphatic rings. The zero-order chi connectivity index (χ0) is 19.4. The fourth-order valence-electron chi connectivity index (χ4n) is 2.73. The monoisotopic (exact) mass is 403 g/mol. The lowest BCUT2D eigenvalue weighted by Gasteiger charge is -2.17. The zero-order valence-electron chi connectivity index (χ0n) is 15.1. The summed E-state index contributed by atoms with van der Waals surface area (Å²) in [6.07, 6.45) is 1.66. The normalized spacial score (nSPS) is 12.7. The van der Waals surface area contributed by atoms with E-state index in [9.17, 15) is 13.2 Å². The van der Waals surface area contributed by atoms with Gasteiger partial charge in [-0.3, -0.25) is 4.79 Å². The molecule has 1 amide bonds. The van der Waals surface area contributed by atoms with Gasteiger partial charge in [0.2, 0.25) is 5.91 Å². The van der Waals surface area contributed by atoms with Gasteiger partial charge < -0.3 is 9.73 Å². The van der Waals surface area contributed by atoms with Crippen LogP contribution in [0.3, 0.4) is 0 Å². The van der Waals surface area contributed by atoms with Crippen LogP contribution in [0, 0.1) is 13.8 Å². The molecule has 2 heterocycles. The number of sulfone groups is 1. The van der Waals surface area contributed by atoms with Crippen molar-refractivity contribution in [3.63, 3.8) is 0 Å². The summed E-state index contributed by atoms with van der Waals surface area (Å²) in [5.74, 6) is 0.0916. The number of thiophene rings is 1. The second-order valence-electron chi connectivity index (χ2n) is 6.36. The Morgan fingerprint density at radius 1 is 1.15 bits per heavy atom. The molecule has 0 aliphatic carbocycles. The van der Waals surface area contributed by atoms with E-state index in [-0.39, 0.29) is 23.8 Å². The minimum atomic E-state index is -3.73. The van der Waals surface area contributed by atoms with E-state index in [0.29, 0.717) is 5.76 Å². The largest absolute Gasteiger partial charge is 0.468 e. The Balaban J connectivity index is 1.83. The first-order valence-corrected chi connectivity index (χ1v) is 10.9. The van der Waals surface area contributed by atoms with Gasteiger partial charge in [-0.25, -0.2) is 8.42 Å². The predicted octanol–water partition coefficient (Wildman–Crippen LogP) is 3.83. The van der Waals surface area contributed by atoms with Crippen LogP contribution in [0.25, 0.3) is 0 Å². The van der Waals surface area contributed by atoms with Gasteiger partial charge in [-0.2, -0.15) is 0 Å². The minimum Gasteiger partial charge on any atom is -0.468 e. The molecule has 142 valence electrons. The summed E-state index contributed by atoms with van der Waals surface area (Å²) in [6.45, 7) is 3.76. The van der Waals surface area contributed by atoms with E-state index in [1.807, 2.05) is 31.4 Å². The molecule has 0 radical (unpaired) electrons. The molecule has 27 heavy (non-hydrogen) atoms. The molecular formula is C20H21NO4S2.